The monoisotopic (exact) mass is 504 g/mol. The molecule has 2 saturated heterocycles. The van der Waals surface area contributed by atoms with Gasteiger partial charge in [-0.15, -0.1) is 0 Å². The Morgan fingerprint density at radius 3 is 2.51 bits per heavy atom. The third-order valence-electron chi connectivity index (χ3n) is 6.53. The molecule has 35 heavy (non-hydrogen) atoms. The molecule has 180 valence electrons. The Morgan fingerprint density at radius 2 is 1.80 bits per heavy atom. The summed E-state index contributed by atoms with van der Waals surface area (Å²) in [4.78, 5) is 36.1. The number of aryl methyl sites for hydroxylation is 1. The van der Waals surface area contributed by atoms with Crippen LogP contribution in [0.25, 0.3) is 11.7 Å². The van der Waals surface area contributed by atoms with Crippen LogP contribution >= 0.6 is 24.0 Å². The third-order valence-corrected chi connectivity index (χ3v) is 7.91. The number of benzene rings is 1. The number of piperidine rings is 1. The molecule has 5 rings (SSSR count). The van der Waals surface area contributed by atoms with Gasteiger partial charge in [-0.3, -0.25) is 18.9 Å². The Bertz CT molecular complexity index is 1390. The summed E-state index contributed by atoms with van der Waals surface area (Å²) in [7, 11) is 0. The van der Waals surface area contributed by atoms with Crippen molar-refractivity contribution in [1.29, 1.82) is 0 Å². The van der Waals surface area contributed by atoms with Crippen LogP contribution in [-0.2, 0) is 11.3 Å². The Kier molecular flexibility index (Phi) is 6.51. The average molecular weight is 505 g/mol. The van der Waals surface area contributed by atoms with Gasteiger partial charge in [0.05, 0.1) is 17.0 Å². The summed E-state index contributed by atoms with van der Waals surface area (Å²) in [5.41, 5.74) is 3.03. The largest absolute Gasteiger partial charge is 0.355 e. The minimum atomic E-state index is -0.180. The molecule has 2 aliphatic heterocycles. The summed E-state index contributed by atoms with van der Waals surface area (Å²) in [6, 6.07) is 13.6. The first kappa shape index (κ1) is 23.8. The summed E-state index contributed by atoms with van der Waals surface area (Å²) in [6.45, 7) is 8.55. The van der Waals surface area contributed by atoms with E-state index in [1.807, 2.05) is 49.4 Å². The van der Waals surface area contributed by atoms with Gasteiger partial charge in [0.1, 0.15) is 15.8 Å². The molecule has 2 atom stereocenters. The van der Waals surface area contributed by atoms with E-state index in [1.165, 1.54) is 11.8 Å². The van der Waals surface area contributed by atoms with Gasteiger partial charge >= 0.3 is 0 Å². The van der Waals surface area contributed by atoms with Gasteiger partial charge in [-0.2, -0.15) is 0 Å². The van der Waals surface area contributed by atoms with Crippen LogP contribution in [0.5, 0.6) is 0 Å². The number of hydrogen-bond donors (Lipinski definition) is 0. The summed E-state index contributed by atoms with van der Waals surface area (Å²) >= 11 is 6.80. The molecule has 2 aromatic heterocycles. The van der Waals surface area contributed by atoms with Gasteiger partial charge in [-0.1, -0.05) is 73.7 Å². The van der Waals surface area contributed by atoms with E-state index in [4.69, 9.17) is 17.2 Å². The zero-order chi connectivity index (χ0) is 24.7. The van der Waals surface area contributed by atoms with E-state index in [1.54, 1.807) is 21.6 Å². The Morgan fingerprint density at radius 1 is 1.09 bits per heavy atom. The number of hydrogen-bond acceptors (Lipinski definition) is 6. The van der Waals surface area contributed by atoms with E-state index in [2.05, 4.69) is 18.7 Å². The van der Waals surface area contributed by atoms with Crippen LogP contribution in [-0.4, -0.2) is 37.6 Å². The molecular formula is C27H28N4O2S2. The highest BCUT2D eigenvalue weighted by Gasteiger charge is 2.33. The maximum atomic E-state index is 13.6. The zero-order valence-electron chi connectivity index (χ0n) is 20.1. The highest BCUT2D eigenvalue weighted by atomic mass is 32.2. The van der Waals surface area contributed by atoms with E-state index < -0.39 is 0 Å². The van der Waals surface area contributed by atoms with Gasteiger partial charge < -0.3 is 4.90 Å². The highest BCUT2D eigenvalue weighted by molar-refractivity contribution is 8.26. The molecule has 0 aliphatic carbocycles. The van der Waals surface area contributed by atoms with E-state index in [-0.39, 0.29) is 11.5 Å². The fraction of sp³-hybridized carbons (Fsp3) is 0.333. The van der Waals surface area contributed by atoms with Crippen LogP contribution in [0.3, 0.4) is 0 Å². The first-order valence-corrected chi connectivity index (χ1v) is 13.1. The number of anilines is 1. The average Bonchev–Trinajstić information content (AvgIpc) is 3.09. The second kappa shape index (κ2) is 9.59. The van der Waals surface area contributed by atoms with Crippen LogP contribution < -0.4 is 10.5 Å². The molecule has 0 N–H and O–H groups in total. The summed E-state index contributed by atoms with van der Waals surface area (Å²) in [5.74, 6) is 1.46. The smallest absolute Gasteiger partial charge is 0.267 e. The standard InChI is InChI=1S/C27H28N4O2S2/c1-17-7-9-20(10-8-17)16-31-26(33)22(35-27(31)34)13-21-24(29-14-18(2)12-19(3)15-29)28-23-6-4-5-11-30(23)25(21)32/h4-11,13,18-19H,12,14-16H2,1-3H3/b22-13+. The molecule has 4 heterocycles. The van der Waals surface area contributed by atoms with Crippen molar-refractivity contribution in [3.05, 3.63) is 80.6 Å². The molecule has 1 amide bonds. The number of rotatable bonds is 4. The molecular weight excluding hydrogens is 476 g/mol. The van der Waals surface area contributed by atoms with Crippen molar-refractivity contribution in [1.82, 2.24) is 14.3 Å². The van der Waals surface area contributed by atoms with Crippen LogP contribution in [0.2, 0.25) is 0 Å². The molecule has 1 aromatic carbocycles. The van der Waals surface area contributed by atoms with Crippen LogP contribution in [0.15, 0.2) is 58.4 Å². The second-order valence-electron chi connectivity index (χ2n) is 9.69. The van der Waals surface area contributed by atoms with Crippen molar-refractivity contribution in [2.24, 2.45) is 11.8 Å². The molecule has 0 radical (unpaired) electrons. The van der Waals surface area contributed by atoms with Gasteiger partial charge in [-0.05, 0) is 49.0 Å². The van der Waals surface area contributed by atoms with Crippen LogP contribution in [0, 0.1) is 18.8 Å². The SMILES string of the molecule is Cc1ccc(CN2C(=O)/C(=C\c3c(N4CC(C)CC(C)C4)nc4ccccn4c3=O)SC2=S)cc1. The normalized spacial score (nSPS) is 22.0. The molecule has 8 heteroatoms. The predicted octanol–water partition coefficient (Wildman–Crippen LogP) is 4.89. The summed E-state index contributed by atoms with van der Waals surface area (Å²) in [5, 5.41) is 0. The number of fused-ring (bicyclic) bond motifs is 1. The minimum Gasteiger partial charge on any atom is -0.355 e. The highest BCUT2D eigenvalue weighted by Crippen LogP contribution is 2.35. The van der Waals surface area contributed by atoms with Gasteiger partial charge in [0, 0.05) is 19.3 Å². The molecule has 0 saturated carbocycles. The lowest BCUT2D eigenvalue weighted by molar-refractivity contribution is -0.122. The Balaban J connectivity index is 1.55. The lowest BCUT2D eigenvalue weighted by atomic mass is 9.91. The molecule has 2 aliphatic rings. The maximum Gasteiger partial charge on any atom is 0.267 e. The van der Waals surface area contributed by atoms with E-state index in [0.717, 1.165) is 30.6 Å². The fourth-order valence-corrected chi connectivity index (χ4v) is 6.17. The molecule has 2 unspecified atom stereocenters. The Labute approximate surface area is 214 Å². The molecule has 0 spiro atoms. The Hall–Kier alpha value is -2.97. The number of thioether (sulfide) groups is 1. The first-order chi connectivity index (χ1) is 16.8. The summed E-state index contributed by atoms with van der Waals surface area (Å²) < 4.78 is 2.04. The molecule has 0 bridgehead atoms. The third kappa shape index (κ3) is 4.77. The number of thiocarbonyl (C=S) groups is 1. The van der Waals surface area contributed by atoms with Crippen molar-refractivity contribution >= 4 is 51.7 Å². The van der Waals surface area contributed by atoms with Gasteiger partial charge in [0.2, 0.25) is 0 Å². The first-order valence-electron chi connectivity index (χ1n) is 11.9. The number of carbonyl (C=O) groups is 1. The van der Waals surface area contributed by atoms with E-state index in [0.29, 0.717) is 44.6 Å². The van der Waals surface area contributed by atoms with Crippen molar-refractivity contribution in [3.63, 3.8) is 0 Å². The van der Waals surface area contributed by atoms with Crippen LogP contribution in [0.4, 0.5) is 5.82 Å². The van der Waals surface area contributed by atoms with E-state index >= 15 is 0 Å². The summed E-state index contributed by atoms with van der Waals surface area (Å²) in [6.07, 6.45) is 4.56. The maximum absolute atomic E-state index is 13.6. The minimum absolute atomic E-state index is 0.176. The van der Waals surface area contributed by atoms with Gasteiger partial charge in [-0.25, -0.2) is 4.98 Å². The quantitative estimate of drug-likeness (QED) is 0.373. The number of aromatic nitrogens is 2. The molecule has 2 fully saturated rings. The fourth-order valence-electron chi connectivity index (χ4n) is 4.94. The van der Waals surface area contributed by atoms with Gasteiger partial charge in [0.25, 0.3) is 11.5 Å². The van der Waals surface area contributed by atoms with E-state index in [9.17, 15) is 9.59 Å². The number of nitrogens with zero attached hydrogens (tertiary/aromatic N) is 4. The van der Waals surface area contributed by atoms with Crippen molar-refractivity contribution in [2.45, 2.75) is 33.7 Å². The zero-order valence-corrected chi connectivity index (χ0v) is 21.7. The van der Waals surface area contributed by atoms with Crippen LogP contribution in [0.1, 0.15) is 37.0 Å². The second-order valence-corrected chi connectivity index (χ2v) is 11.4. The number of pyridine rings is 1. The molecule has 6 nitrogen and oxygen atoms in total. The van der Waals surface area contributed by atoms with Crippen molar-refractivity contribution < 1.29 is 4.79 Å². The number of amides is 1. The van der Waals surface area contributed by atoms with Gasteiger partial charge in [0.15, 0.2) is 0 Å². The van der Waals surface area contributed by atoms with Crippen molar-refractivity contribution in [3.8, 4) is 0 Å². The van der Waals surface area contributed by atoms with Crippen molar-refractivity contribution in [2.75, 3.05) is 18.0 Å². The lowest BCUT2D eigenvalue weighted by Crippen LogP contribution is -2.40. The lowest BCUT2D eigenvalue weighted by Gasteiger charge is -2.36. The topological polar surface area (TPSA) is 57.9 Å². The predicted molar refractivity (Wildman–Crippen MR) is 147 cm³/mol. The number of carbonyl (C=O) groups excluding carboxylic acids is 1. The molecule has 3 aromatic rings.